The molecule has 4 heteroatoms. The van der Waals surface area contributed by atoms with Gasteiger partial charge in [0.05, 0.1) is 11.7 Å². The van der Waals surface area contributed by atoms with Crippen molar-refractivity contribution in [3.05, 3.63) is 66.6 Å². The molecule has 0 saturated heterocycles. The van der Waals surface area contributed by atoms with Crippen LogP contribution in [0.15, 0.2) is 61.1 Å². The van der Waals surface area contributed by atoms with Crippen LogP contribution in [0.3, 0.4) is 0 Å². The Labute approximate surface area is 116 Å². The van der Waals surface area contributed by atoms with Crippen LogP contribution in [0.2, 0.25) is 0 Å². The Morgan fingerprint density at radius 2 is 2.15 bits per heavy atom. The van der Waals surface area contributed by atoms with Gasteiger partial charge in [-0.25, -0.2) is 4.52 Å². The number of pyridine rings is 1. The van der Waals surface area contributed by atoms with Gasteiger partial charge in [0, 0.05) is 41.1 Å². The Balaban J connectivity index is 1.60. The maximum Gasteiger partial charge on any atom is 0.0711 e. The highest BCUT2D eigenvalue weighted by Crippen LogP contribution is 2.19. The average molecular weight is 262 g/mol. The number of anilines is 1. The fraction of sp³-hybridized carbons (Fsp3) is 0.0625. The normalized spacial score (nSPS) is 11.2. The average Bonchev–Trinajstić information content (AvgIpc) is 3.11. The topological polar surface area (TPSA) is 45.1 Å². The number of hydrogen-bond acceptors (Lipinski definition) is 2. The summed E-state index contributed by atoms with van der Waals surface area (Å²) in [7, 11) is 0. The molecule has 0 aliphatic heterocycles. The lowest BCUT2D eigenvalue weighted by Gasteiger charge is -2.05. The SMILES string of the molecule is c1ccn2ncc(CNc3ccc4[nH]ccc4c3)c2c1. The Kier molecular flexibility index (Phi) is 2.45. The largest absolute Gasteiger partial charge is 0.381 e. The highest BCUT2D eigenvalue weighted by molar-refractivity contribution is 5.83. The molecule has 0 bridgehead atoms. The second-order valence-electron chi connectivity index (χ2n) is 4.83. The summed E-state index contributed by atoms with van der Waals surface area (Å²) in [6.07, 6.45) is 5.83. The van der Waals surface area contributed by atoms with Gasteiger partial charge in [0.15, 0.2) is 0 Å². The first-order valence-electron chi connectivity index (χ1n) is 6.62. The molecule has 98 valence electrons. The summed E-state index contributed by atoms with van der Waals surface area (Å²) in [5.74, 6) is 0. The van der Waals surface area contributed by atoms with Crippen LogP contribution in [0, 0.1) is 0 Å². The van der Waals surface area contributed by atoms with Crippen LogP contribution in [0.1, 0.15) is 5.56 Å². The van der Waals surface area contributed by atoms with Gasteiger partial charge in [-0.1, -0.05) is 6.07 Å². The van der Waals surface area contributed by atoms with Gasteiger partial charge in [-0.05, 0) is 36.4 Å². The number of aromatic amines is 1. The fourth-order valence-corrected chi connectivity index (χ4v) is 2.48. The number of H-pyrrole nitrogens is 1. The van der Waals surface area contributed by atoms with Gasteiger partial charge in [-0.3, -0.25) is 0 Å². The third kappa shape index (κ3) is 1.82. The molecule has 0 aliphatic carbocycles. The molecular formula is C16H14N4. The lowest BCUT2D eigenvalue weighted by atomic mass is 10.2. The Bertz CT molecular complexity index is 872. The quantitative estimate of drug-likeness (QED) is 0.594. The predicted octanol–water partition coefficient (Wildman–Crippen LogP) is 3.43. The maximum absolute atomic E-state index is 4.34. The van der Waals surface area contributed by atoms with Gasteiger partial charge in [-0.2, -0.15) is 5.10 Å². The van der Waals surface area contributed by atoms with E-state index in [1.807, 2.05) is 35.2 Å². The molecule has 4 aromatic rings. The first-order valence-corrected chi connectivity index (χ1v) is 6.62. The maximum atomic E-state index is 4.34. The molecule has 0 radical (unpaired) electrons. The molecular weight excluding hydrogens is 248 g/mol. The van der Waals surface area contributed by atoms with Gasteiger partial charge < -0.3 is 10.3 Å². The lowest BCUT2D eigenvalue weighted by molar-refractivity contribution is 0.961. The third-order valence-corrected chi connectivity index (χ3v) is 3.54. The highest BCUT2D eigenvalue weighted by atomic mass is 15.2. The Morgan fingerprint density at radius 3 is 3.15 bits per heavy atom. The molecule has 0 atom stereocenters. The van der Waals surface area contributed by atoms with E-state index in [2.05, 4.69) is 45.7 Å². The number of aromatic nitrogens is 3. The van der Waals surface area contributed by atoms with Crippen LogP contribution in [-0.4, -0.2) is 14.6 Å². The lowest BCUT2D eigenvalue weighted by Crippen LogP contribution is -1.98. The second kappa shape index (κ2) is 4.42. The molecule has 1 aromatic carbocycles. The minimum Gasteiger partial charge on any atom is -0.381 e. The summed E-state index contributed by atoms with van der Waals surface area (Å²) in [4.78, 5) is 3.20. The number of benzene rings is 1. The van der Waals surface area contributed by atoms with Crippen LogP contribution < -0.4 is 5.32 Å². The molecule has 3 aromatic heterocycles. The van der Waals surface area contributed by atoms with E-state index in [0.29, 0.717) is 0 Å². The Hall–Kier alpha value is -2.75. The van der Waals surface area contributed by atoms with Crippen molar-refractivity contribution in [2.24, 2.45) is 0 Å². The molecule has 4 rings (SSSR count). The van der Waals surface area contributed by atoms with E-state index in [4.69, 9.17) is 0 Å². The zero-order chi connectivity index (χ0) is 13.4. The molecule has 3 heterocycles. The Morgan fingerprint density at radius 1 is 1.15 bits per heavy atom. The summed E-state index contributed by atoms with van der Waals surface area (Å²) < 4.78 is 1.90. The predicted molar refractivity (Wildman–Crippen MR) is 80.8 cm³/mol. The van der Waals surface area contributed by atoms with E-state index < -0.39 is 0 Å². The fourth-order valence-electron chi connectivity index (χ4n) is 2.48. The van der Waals surface area contributed by atoms with Gasteiger partial charge in [0.25, 0.3) is 0 Å². The number of hydrogen-bond donors (Lipinski definition) is 2. The van der Waals surface area contributed by atoms with Gasteiger partial charge in [0.1, 0.15) is 0 Å². The standard InChI is InChI=1S/C16H14N4/c1-2-8-20-16(3-1)13(11-19-20)10-18-14-4-5-15-12(9-14)6-7-17-15/h1-9,11,17-18H,10H2. The second-order valence-corrected chi connectivity index (χ2v) is 4.83. The van der Waals surface area contributed by atoms with Gasteiger partial charge in [0.2, 0.25) is 0 Å². The van der Waals surface area contributed by atoms with Gasteiger partial charge in [-0.15, -0.1) is 0 Å². The molecule has 0 fully saturated rings. The molecule has 2 N–H and O–H groups in total. The van der Waals surface area contributed by atoms with E-state index in [9.17, 15) is 0 Å². The van der Waals surface area contributed by atoms with Crippen molar-refractivity contribution >= 4 is 22.1 Å². The number of nitrogens with zero attached hydrogens (tertiary/aromatic N) is 2. The number of fused-ring (bicyclic) bond motifs is 2. The van der Waals surface area contributed by atoms with Crippen molar-refractivity contribution in [2.75, 3.05) is 5.32 Å². The number of nitrogens with one attached hydrogen (secondary N) is 2. The first kappa shape index (κ1) is 11.1. The van der Waals surface area contributed by atoms with E-state index >= 15 is 0 Å². The van der Waals surface area contributed by atoms with Crippen molar-refractivity contribution in [3.8, 4) is 0 Å². The van der Waals surface area contributed by atoms with Crippen molar-refractivity contribution < 1.29 is 0 Å². The van der Waals surface area contributed by atoms with Crippen molar-refractivity contribution in [1.82, 2.24) is 14.6 Å². The van der Waals surface area contributed by atoms with Crippen LogP contribution in [0.25, 0.3) is 16.4 Å². The molecule has 4 nitrogen and oxygen atoms in total. The van der Waals surface area contributed by atoms with Crippen molar-refractivity contribution in [1.29, 1.82) is 0 Å². The summed E-state index contributed by atoms with van der Waals surface area (Å²) in [5, 5.41) is 9.02. The molecule has 0 saturated carbocycles. The van der Waals surface area contributed by atoms with Crippen LogP contribution in [0.5, 0.6) is 0 Å². The smallest absolute Gasteiger partial charge is 0.0711 e. The first-order chi connectivity index (χ1) is 9.90. The highest BCUT2D eigenvalue weighted by Gasteiger charge is 2.03. The van der Waals surface area contributed by atoms with Crippen LogP contribution >= 0.6 is 0 Å². The van der Waals surface area contributed by atoms with E-state index in [1.165, 1.54) is 10.9 Å². The van der Waals surface area contributed by atoms with Crippen molar-refractivity contribution in [3.63, 3.8) is 0 Å². The van der Waals surface area contributed by atoms with Gasteiger partial charge >= 0.3 is 0 Å². The van der Waals surface area contributed by atoms with E-state index in [0.717, 1.165) is 23.3 Å². The molecule has 20 heavy (non-hydrogen) atoms. The van der Waals surface area contributed by atoms with Crippen LogP contribution in [-0.2, 0) is 6.54 Å². The summed E-state index contributed by atoms with van der Waals surface area (Å²) in [6, 6.07) is 14.5. The minimum atomic E-state index is 0.767. The molecule has 0 spiro atoms. The zero-order valence-electron chi connectivity index (χ0n) is 10.9. The zero-order valence-corrected chi connectivity index (χ0v) is 10.9. The van der Waals surface area contributed by atoms with Crippen LogP contribution in [0.4, 0.5) is 5.69 Å². The van der Waals surface area contributed by atoms with Crippen molar-refractivity contribution in [2.45, 2.75) is 6.54 Å². The monoisotopic (exact) mass is 262 g/mol. The molecule has 0 amide bonds. The summed E-state index contributed by atoms with van der Waals surface area (Å²) >= 11 is 0. The van der Waals surface area contributed by atoms with E-state index in [1.54, 1.807) is 0 Å². The van der Waals surface area contributed by atoms with E-state index in [-0.39, 0.29) is 0 Å². The summed E-state index contributed by atoms with van der Waals surface area (Å²) in [6.45, 7) is 0.767. The third-order valence-electron chi connectivity index (χ3n) is 3.54. The number of rotatable bonds is 3. The minimum absolute atomic E-state index is 0.767. The molecule has 0 unspecified atom stereocenters. The molecule has 0 aliphatic rings. The summed E-state index contributed by atoms with van der Waals surface area (Å²) in [5.41, 5.74) is 4.61.